The van der Waals surface area contributed by atoms with Gasteiger partial charge in [-0.15, -0.1) is 0 Å². The summed E-state index contributed by atoms with van der Waals surface area (Å²) in [5.74, 6) is 0.273. The van der Waals surface area contributed by atoms with Crippen LogP contribution in [0.5, 0.6) is 5.75 Å². The molecule has 1 N–H and O–H groups in total. The second-order valence-corrected chi connectivity index (χ2v) is 7.52. The summed E-state index contributed by atoms with van der Waals surface area (Å²) >= 11 is 5.97. The van der Waals surface area contributed by atoms with Crippen LogP contribution in [0.3, 0.4) is 0 Å². The van der Waals surface area contributed by atoms with Gasteiger partial charge < -0.3 is 14.5 Å². The summed E-state index contributed by atoms with van der Waals surface area (Å²) in [5, 5.41) is 16.4. The molecule has 1 aliphatic heterocycles. The van der Waals surface area contributed by atoms with Crippen LogP contribution in [0.25, 0.3) is 11.0 Å². The molecule has 0 unspecified atom stereocenters. The maximum absolute atomic E-state index is 10.4. The lowest BCUT2D eigenvalue weighted by Gasteiger charge is -2.34. The van der Waals surface area contributed by atoms with Gasteiger partial charge in [-0.1, -0.05) is 35.8 Å². The van der Waals surface area contributed by atoms with Gasteiger partial charge in [0.25, 0.3) is 0 Å². The molecule has 0 atom stereocenters. The zero-order valence-electron chi connectivity index (χ0n) is 15.5. The molecule has 1 aromatic heterocycles. The van der Waals surface area contributed by atoms with Crippen molar-refractivity contribution in [3.8, 4) is 5.75 Å². The molecule has 142 valence electrons. The molecule has 4 rings (SSSR count). The zero-order valence-corrected chi connectivity index (χ0v) is 16.2. The van der Waals surface area contributed by atoms with Gasteiger partial charge in [-0.25, -0.2) is 0 Å². The van der Waals surface area contributed by atoms with E-state index in [0.29, 0.717) is 18.5 Å². The fourth-order valence-corrected chi connectivity index (χ4v) is 3.79. The van der Waals surface area contributed by atoms with E-state index in [4.69, 9.17) is 16.1 Å². The Morgan fingerprint density at radius 3 is 2.44 bits per heavy atom. The molecule has 5 nitrogen and oxygen atoms in total. The van der Waals surface area contributed by atoms with Crippen LogP contribution in [0.2, 0.25) is 5.02 Å². The molecule has 0 saturated carbocycles. The van der Waals surface area contributed by atoms with Gasteiger partial charge in [-0.05, 0) is 36.4 Å². The van der Waals surface area contributed by atoms with Crippen LogP contribution in [0.1, 0.15) is 23.7 Å². The van der Waals surface area contributed by atoms with Gasteiger partial charge in [0.2, 0.25) is 0 Å². The van der Waals surface area contributed by atoms with Crippen LogP contribution in [-0.2, 0) is 13.0 Å². The summed E-state index contributed by atoms with van der Waals surface area (Å²) in [6, 6.07) is 11.4. The number of aromatic nitrogens is 1. The van der Waals surface area contributed by atoms with Crippen molar-refractivity contribution in [3.05, 3.63) is 58.2 Å². The van der Waals surface area contributed by atoms with E-state index < -0.39 is 0 Å². The van der Waals surface area contributed by atoms with Crippen molar-refractivity contribution in [2.75, 3.05) is 32.7 Å². The van der Waals surface area contributed by atoms with E-state index in [2.05, 4.69) is 21.9 Å². The Labute approximate surface area is 164 Å². The third kappa shape index (κ3) is 3.95. The number of rotatable bonds is 5. The number of likely N-dealkylation sites (N-methyl/N-ethyl adjacent to an activating group) is 1. The van der Waals surface area contributed by atoms with Crippen LogP contribution >= 0.6 is 11.6 Å². The fraction of sp³-hybridized carbons (Fsp3) is 0.381. The van der Waals surface area contributed by atoms with Crippen molar-refractivity contribution in [2.45, 2.75) is 19.9 Å². The van der Waals surface area contributed by atoms with E-state index in [-0.39, 0.29) is 5.75 Å². The predicted molar refractivity (Wildman–Crippen MR) is 107 cm³/mol. The number of nitrogens with zero attached hydrogens (tertiary/aromatic N) is 3. The number of aromatic hydroxyl groups is 1. The summed E-state index contributed by atoms with van der Waals surface area (Å²) < 4.78 is 5.67. The number of phenols is 1. The van der Waals surface area contributed by atoms with Gasteiger partial charge in [0.05, 0.1) is 11.3 Å². The maximum Gasteiger partial charge on any atom is 0.175 e. The van der Waals surface area contributed by atoms with Gasteiger partial charge in [0, 0.05) is 49.6 Å². The second-order valence-electron chi connectivity index (χ2n) is 7.08. The first-order valence-corrected chi connectivity index (χ1v) is 9.80. The standard InChI is InChI=1S/C21H24ClN3O2/c1-2-24-9-11-25(12-10-24)14-18-20(26)8-7-17-19(23-27-21(17)18)13-15-3-5-16(22)6-4-15/h3-8,26H,2,9-14H2,1H3. The number of hydrogen-bond acceptors (Lipinski definition) is 5. The average molecular weight is 386 g/mol. The van der Waals surface area contributed by atoms with Crippen molar-refractivity contribution in [3.63, 3.8) is 0 Å². The van der Waals surface area contributed by atoms with E-state index >= 15 is 0 Å². The van der Waals surface area contributed by atoms with Crippen LogP contribution < -0.4 is 0 Å². The zero-order chi connectivity index (χ0) is 18.8. The van der Waals surface area contributed by atoms with E-state index in [1.165, 1.54) is 0 Å². The number of hydrogen-bond donors (Lipinski definition) is 1. The van der Waals surface area contributed by atoms with Gasteiger partial charge in [-0.2, -0.15) is 0 Å². The largest absolute Gasteiger partial charge is 0.507 e. The molecule has 6 heteroatoms. The molecule has 1 saturated heterocycles. The molecule has 0 bridgehead atoms. The summed E-state index contributed by atoms with van der Waals surface area (Å²) in [6.07, 6.45) is 0.670. The highest BCUT2D eigenvalue weighted by atomic mass is 35.5. The molecule has 1 fully saturated rings. The van der Waals surface area contributed by atoms with Crippen molar-refractivity contribution >= 4 is 22.6 Å². The minimum absolute atomic E-state index is 0.273. The molecular weight excluding hydrogens is 362 g/mol. The average Bonchev–Trinajstić information content (AvgIpc) is 3.09. The molecule has 1 aliphatic rings. The van der Waals surface area contributed by atoms with Gasteiger partial charge >= 0.3 is 0 Å². The Bertz CT molecular complexity index is 915. The van der Waals surface area contributed by atoms with E-state index in [1.54, 1.807) is 6.07 Å². The van der Waals surface area contributed by atoms with Crippen LogP contribution in [0, 0.1) is 0 Å². The Morgan fingerprint density at radius 1 is 1.04 bits per heavy atom. The van der Waals surface area contributed by atoms with Gasteiger partial charge in [0.1, 0.15) is 5.75 Å². The maximum atomic E-state index is 10.4. The normalized spacial score (nSPS) is 16.2. The first-order valence-electron chi connectivity index (χ1n) is 9.42. The van der Waals surface area contributed by atoms with E-state index in [1.807, 2.05) is 30.3 Å². The smallest absolute Gasteiger partial charge is 0.175 e. The monoisotopic (exact) mass is 385 g/mol. The molecule has 0 radical (unpaired) electrons. The minimum atomic E-state index is 0.273. The van der Waals surface area contributed by atoms with Gasteiger partial charge in [-0.3, -0.25) is 4.90 Å². The molecular formula is C21H24ClN3O2. The third-order valence-electron chi connectivity index (χ3n) is 5.37. The Kier molecular flexibility index (Phi) is 5.34. The number of halogens is 1. The first kappa shape index (κ1) is 18.3. The molecule has 0 amide bonds. The SMILES string of the molecule is CCN1CCN(Cc2c(O)ccc3c(Cc4ccc(Cl)cc4)noc23)CC1. The Balaban J connectivity index is 1.57. The molecule has 2 heterocycles. The lowest BCUT2D eigenvalue weighted by Crippen LogP contribution is -2.45. The third-order valence-corrected chi connectivity index (χ3v) is 5.62. The number of phenolic OH excluding ortho intramolecular Hbond substituents is 1. The molecule has 2 aromatic carbocycles. The number of fused-ring (bicyclic) bond motifs is 1. The summed E-state index contributed by atoms with van der Waals surface area (Å²) in [5.41, 5.74) is 3.52. The summed E-state index contributed by atoms with van der Waals surface area (Å²) in [4.78, 5) is 4.80. The molecule has 0 aliphatic carbocycles. The summed E-state index contributed by atoms with van der Waals surface area (Å²) in [7, 11) is 0. The van der Waals surface area contributed by atoms with E-state index in [9.17, 15) is 5.11 Å². The lowest BCUT2D eigenvalue weighted by atomic mass is 10.0. The second kappa shape index (κ2) is 7.89. The highest BCUT2D eigenvalue weighted by molar-refractivity contribution is 6.30. The van der Waals surface area contributed by atoms with Crippen LogP contribution in [0.15, 0.2) is 40.9 Å². The predicted octanol–water partition coefficient (Wildman–Crippen LogP) is 3.92. The quantitative estimate of drug-likeness (QED) is 0.721. The van der Waals surface area contributed by atoms with Crippen molar-refractivity contribution in [1.82, 2.24) is 15.0 Å². The van der Waals surface area contributed by atoms with Crippen molar-refractivity contribution in [1.29, 1.82) is 0 Å². The van der Waals surface area contributed by atoms with Gasteiger partial charge in [0.15, 0.2) is 5.58 Å². The Hall–Kier alpha value is -2.08. The highest BCUT2D eigenvalue weighted by Gasteiger charge is 2.21. The Morgan fingerprint density at radius 2 is 1.74 bits per heavy atom. The number of piperazine rings is 1. The topological polar surface area (TPSA) is 52.7 Å². The lowest BCUT2D eigenvalue weighted by molar-refractivity contribution is 0.131. The van der Waals surface area contributed by atoms with Crippen LogP contribution in [-0.4, -0.2) is 52.8 Å². The summed E-state index contributed by atoms with van der Waals surface area (Å²) in [6.45, 7) is 8.07. The van der Waals surface area contributed by atoms with Crippen LogP contribution in [0.4, 0.5) is 0 Å². The highest BCUT2D eigenvalue weighted by Crippen LogP contribution is 2.31. The molecule has 27 heavy (non-hydrogen) atoms. The first-order chi connectivity index (χ1) is 13.1. The molecule has 0 spiro atoms. The van der Waals surface area contributed by atoms with E-state index in [0.717, 1.165) is 60.0 Å². The van der Waals surface area contributed by atoms with Crippen molar-refractivity contribution in [2.24, 2.45) is 0 Å². The minimum Gasteiger partial charge on any atom is -0.507 e. The number of benzene rings is 2. The van der Waals surface area contributed by atoms with Crippen molar-refractivity contribution < 1.29 is 9.63 Å². The molecule has 3 aromatic rings. The fourth-order valence-electron chi connectivity index (χ4n) is 3.66.